The fourth-order valence-electron chi connectivity index (χ4n) is 1.60. The summed E-state index contributed by atoms with van der Waals surface area (Å²) < 4.78 is 10.3. The fraction of sp³-hybridized carbons (Fsp3) is 0.750. The summed E-state index contributed by atoms with van der Waals surface area (Å²) in [7, 11) is 0. The molecule has 0 amide bonds. The molecule has 0 unspecified atom stereocenters. The van der Waals surface area contributed by atoms with Crippen molar-refractivity contribution in [1.29, 1.82) is 0 Å². The first kappa shape index (κ1) is 12.1. The highest BCUT2D eigenvalue weighted by atomic mass is 16.6. The zero-order valence-corrected chi connectivity index (χ0v) is 9.62. The predicted molar refractivity (Wildman–Crippen MR) is 58.3 cm³/mol. The normalized spacial score (nSPS) is 17.2. The molecule has 0 saturated heterocycles. The van der Waals surface area contributed by atoms with Crippen LogP contribution in [0.5, 0.6) is 0 Å². The summed E-state index contributed by atoms with van der Waals surface area (Å²) in [5, 5.41) is 0. The second kappa shape index (κ2) is 6.49. The number of ether oxygens (including phenoxy) is 2. The molecule has 0 aromatic heterocycles. The van der Waals surface area contributed by atoms with Crippen LogP contribution in [0, 0.1) is 0 Å². The van der Waals surface area contributed by atoms with Gasteiger partial charge in [-0.05, 0) is 19.8 Å². The predicted octanol–water partition coefficient (Wildman–Crippen LogP) is 2.80. The van der Waals surface area contributed by atoms with Crippen molar-refractivity contribution in [1.82, 2.24) is 0 Å². The molecule has 0 N–H and O–H groups in total. The Morgan fingerprint density at radius 2 is 2.27 bits per heavy atom. The first-order chi connectivity index (χ1) is 7.22. The third-order valence-electron chi connectivity index (χ3n) is 2.45. The van der Waals surface area contributed by atoms with Crippen LogP contribution < -0.4 is 0 Å². The molecular formula is C12H20O3. The van der Waals surface area contributed by atoms with E-state index in [2.05, 4.69) is 6.92 Å². The Hall–Kier alpha value is -0.990. The minimum atomic E-state index is -0.289. The van der Waals surface area contributed by atoms with Gasteiger partial charge in [-0.1, -0.05) is 26.2 Å². The maximum atomic E-state index is 10.8. The Labute approximate surface area is 91.4 Å². The number of cyclic esters (lactones) is 1. The quantitative estimate of drug-likeness (QED) is 0.481. The number of esters is 1. The Morgan fingerprint density at radius 1 is 1.47 bits per heavy atom. The van der Waals surface area contributed by atoms with Crippen molar-refractivity contribution in [2.45, 2.75) is 52.1 Å². The van der Waals surface area contributed by atoms with Gasteiger partial charge in [0.1, 0.15) is 12.4 Å². The van der Waals surface area contributed by atoms with Gasteiger partial charge in [0, 0.05) is 0 Å². The van der Waals surface area contributed by atoms with E-state index in [9.17, 15) is 4.79 Å². The Kier molecular flexibility index (Phi) is 5.22. The number of carbonyl (C=O) groups excluding carboxylic acids is 1. The van der Waals surface area contributed by atoms with Crippen LogP contribution in [0.25, 0.3) is 0 Å². The molecule has 1 atom stereocenters. The molecule has 1 heterocycles. The summed E-state index contributed by atoms with van der Waals surface area (Å²) in [5.74, 6) is 0.381. The van der Waals surface area contributed by atoms with E-state index in [-0.39, 0.29) is 12.1 Å². The lowest BCUT2D eigenvalue weighted by Crippen LogP contribution is -2.08. The van der Waals surface area contributed by atoms with E-state index in [1.165, 1.54) is 31.8 Å². The summed E-state index contributed by atoms with van der Waals surface area (Å²) in [5.41, 5.74) is 0. The fourth-order valence-corrected chi connectivity index (χ4v) is 1.60. The third-order valence-corrected chi connectivity index (χ3v) is 2.45. The molecule has 0 radical (unpaired) electrons. The molecular weight excluding hydrogens is 192 g/mol. The van der Waals surface area contributed by atoms with Gasteiger partial charge < -0.3 is 9.47 Å². The first-order valence-electron chi connectivity index (χ1n) is 5.76. The average molecular weight is 212 g/mol. The molecule has 3 nitrogen and oxygen atoms in total. The first-order valence-corrected chi connectivity index (χ1v) is 5.76. The minimum absolute atomic E-state index is 0.183. The Morgan fingerprint density at radius 3 is 2.87 bits per heavy atom. The summed E-state index contributed by atoms with van der Waals surface area (Å²) in [6.07, 6.45) is 7.66. The van der Waals surface area contributed by atoms with Gasteiger partial charge in [0.25, 0.3) is 0 Å². The second-order valence-electron chi connectivity index (χ2n) is 4.00. The van der Waals surface area contributed by atoms with Gasteiger partial charge >= 0.3 is 5.97 Å². The van der Waals surface area contributed by atoms with Gasteiger partial charge in [-0.15, -0.1) is 0 Å². The molecule has 1 aliphatic rings. The Balaban J connectivity index is 2.10. The largest absolute Gasteiger partial charge is 0.491 e. The van der Waals surface area contributed by atoms with Gasteiger partial charge in [-0.3, -0.25) is 0 Å². The zero-order chi connectivity index (χ0) is 11.1. The summed E-state index contributed by atoms with van der Waals surface area (Å²) in [6, 6.07) is 0. The van der Waals surface area contributed by atoms with Crippen LogP contribution in [0.15, 0.2) is 11.8 Å². The second-order valence-corrected chi connectivity index (χ2v) is 4.00. The van der Waals surface area contributed by atoms with Crippen LogP contribution in [0.3, 0.4) is 0 Å². The molecule has 0 aliphatic carbocycles. The van der Waals surface area contributed by atoms with E-state index in [4.69, 9.17) is 9.47 Å². The van der Waals surface area contributed by atoms with Crippen LogP contribution in [-0.4, -0.2) is 18.7 Å². The van der Waals surface area contributed by atoms with E-state index in [1.807, 2.05) is 6.92 Å². The number of unbranched alkanes of at least 4 members (excludes halogenated alkanes) is 3. The SMILES string of the molecule is CCCCCC[C@@H](C)OC1=CC(=O)OC1. The maximum absolute atomic E-state index is 10.8. The van der Waals surface area contributed by atoms with Crippen LogP contribution in [0.2, 0.25) is 0 Å². The lowest BCUT2D eigenvalue weighted by molar-refractivity contribution is -0.135. The van der Waals surface area contributed by atoms with Crippen molar-refractivity contribution in [3.8, 4) is 0 Å². The number of carbonyl (C=O) groups is 1. The van der Waals surface area contributed by atoms with E-state index in [0.29, 0.717) is 12.4 Å². The number of hydrogen-bond donors (Lipinski definition) is 0. The molecule has 1 aliphatic heterocycles. The maximum Gasteiger partial charge on any atom is 0.334 e. The van der Waals surface area contributed by atoms with E-state index >= 15 is 0 Å². The zero-order valence-electron chi connectivity index (χ0n) is 9.62. The summed E-state index contributed by atoms with van der Waals surface area (Å²) in [4.78, 5) is 10.8. The molecule has 86 valence electrons. The molecule has 0 spiro atoms. The standard InChI is InChI=1S/C12H20O3/c1-3-4-5-6-7-10(2)15-11-8-12(13)14-9-11/h8,10H,3-7,9H2,1-2H3/t10-/m1/s1. The smallest absolute Gasteiger partial charge is 0.334 e. The van der Waals surface area contributed by atoms with Crippen LogP contribution >= 0.6 is 0 Å². The van der Waals surface area contributed by atoms with Gasteiger partial charge in [0.15, 0.2) is 0 Å². The Bertz CT molecular complexity index is 233. The molecule has 0 saturated carbocycles. The molecule has 15 heavy (non-hydrogen) atoms. The van der Waals surface area contributed by atoms with Gasteiger partial charge in [0.05, 0.1) is 12.2 Å². The minimum Gasteiger partial charge on any atom is -0.491 e. The van der Waals surface area contributed by atoms with E-state index in [1.54, 1.807) is 0 Å². The van der Waals surface area contributed by atoms with Gasteiger partial charge in [-0.25, -0.2) is 4.79 Å². The lowest BCUT2D eigenvalue weighted by atomic mass is 10.1. The molecule has 0 aromatic rings. The molecule has 3 heteroatoms. The van der Waals surface area contributed by atoms with Crippen molar-refractivity contribution < 1.29 is 14.3 Å². The van der Waals surface area contributed by atoms with Crippen molar-refractivity contribution in [2.75, 3.05) is 6.61 Å². The topological polar surface area (TPSA) is 35.5 Å². The van der Waals surface area contributed by atoms with Crippen molar-refractivity contribution in [2.24, 2.45) is 0 Å². The number of hydrogen-bond acceptors (Lipinski definition) is 3. The van der Waals surface area contributed by atoms with Crippen LogP contribution in [-0.2, 0) is 14.3 Å². The van der Waals surface area contributed by atoms with Crippen LogP contribution in [0.1, 0.15) is 46.0 Å². The van der Waals surface area contributed by atoms with Crippen molar-refractivity contribution in [3.63, 3.8) is 0 Å². The number of rotatable bonds is 7. The van der Waals surface area contributed by atoms with E-state index in [0.717, 1.165) is 6.42 Å². The van der Waals surface area contributed by atoms with Crippen molar-refractivity contribution >= 4 is 5.97 Å². The highest BCUT2D eigenvalue weighted by Crippen LogP contribution is 2.14. The van der Waals surface area contributed by atoms with Gasteiger partial charge in [0.2, 0.25) is 0 Å². The molecule has 0 aromatic carbocycles. The lowest BCUT2D eigenvalue weighted by Gasteiger charge is -2.14. The van der Waals surface area contributed by atoms with Crippen LogP contribution in [0.4, 0.5) is 0 Å². The van der Waals surface area contributed by atoms with Crippen molar-refractivity contribution in [3.05, 3.63) is 11.8 Å². The monoisotopic (exact) mass is 212 g/mol. The van der Waals surface area contributed by atoms with Gasteiger partial charge in [-0.2, -0.15) is 0 Å². The molecule has 1 rings (SSSR count). The summed E-state index contributed by atoms with van der Waals surface area (Å²) in [6.45, 7) is 4.54. The third kappa shape index (κ3) is 4.86. The molecule has 0 fully saturated rings. The molecule has 0 bridgehead atoms. The highest BCUT2D eigenvalue weighted by Gasteiger charge is 2.16. The average Bonchev–Trinajstić information content (AvgIpc) is 2.59. The summed E-state index contributed by atoms with van der Waals surface area (Å²) >= 11 is 0. The van der Waals surface area contributed by atoms with E-state index < -0.39 is 0 Å². The highest BCUT2D eigenvalue weighted by molar-refractivity contribution is 5.84.